The summed E-state index contributed by atoms with van der Waals surface area (Å²) in [6.07, 6.45) is 8.71. The number of likely N-dealkylation sites (tertiary alicyclic amines) is 1. The summed E-state index contributed by atoms with van der Waals surface area (Å²) in [7, 11) is 0. The molecule has 4 rings (SSSR count). The lowest BCUT2D eigenvalue weighted by atomic mass is 9.85. The average Bonchev–Trinajstić information content (AvgIpc) is 3.10. The molecule has 7 heteroatoms. The molecule has 0 radical (unpaired) electrons. The molecule has 4 heterocycles. The fourth-order valence-corrected chi connectivity index (χ4v) is 5.34. The fourth-order valence-electron chi connectivity index (χ4n) is 5.34. The topological polar surface area (TPSA) is 70.0 Å². The number of anilines is 1. The van der Waals surface area contributed by atoms with E-state index in [1.54, 1.807) is 15.6 Å². The van der Waals surface area contributed by atoms with E-state index in [0.29, 0.717) is 24.8 Å². The Kier molecular flexibility index (Phi) is 6.06. The van der Waals surface area contributed by atoms with Crippen molar-refractivity contribution in [2.75, 3.05) is 24.5 Å². The Morgan fingerprint density at radius 2 is 1.94 bits per heavy atom. The van der Waals surface area contributed by atoms with Gasteiger partial charge in [-0.2, -0.15) is 5.10 Å². The van der Waals surface area contributed by atoms with Crippen molar-refractivity contribution in [1.29, 1.82) is 0 Å². The lowest BCUT2D eigenvalue weighted by Crippen LogP contribution is -2.49. The maximum Gasteiger partial charge on any atom is 0.328 e. The molecule has 2 aliphatic rings. The molecule has 2 fully saturated rings. The van der Waals surface area contributed by atoms with Crippen LogP contribution >= 0.6 is 0 Å². The van der Waals surface area contributed by atoms with Gasteiger partial charge in [-0.05, 0) is 82.2 Å². The summed E-state index contributed by atoms with van der Waals surface area (Å²) in [6, 6.07) is 3.92. The molecule has 2 aliphatic heterocycles. The maximum absolute atomic E-state index is 12.3. The number of nitrogens with one attached hydrogen (secondary N) is 1. The zero-order valence-corrected chi connectivity index (χ0v) is 19.2. The van der Waals surface area contributed by atoms with Crippen molar-refractivity contribution < 1.29 is 9.59 Å². The van der Waals surface area contributed by atoms with Crippen LogP contribution in [0.1, 0.15) is 58.9 Å². The van der Waals surface area contributed by atoms with Gasteiger partial charge in [-0.1, -0.05) is 13.8 Å². The predicted molar refractivity (Wildman–Crippen MR) is 122 cm³/mol. The van der Waals surface area contributed by atoms with Gasteiger partial charge in [-0.15, -0.1) is 0 Å². The summed E-state index contributed by atoms with van der Waals surface area (Å²) in [5.74, 6) is 1.17. The number of nitrogens with zero attached hydrogens (tertiary/aromatic N) is 4. The smallest absolute Gasteiger partial charge is 0.298 e. The minimum Gasteiger partial charge on any atom is -0.298 e. The van der Waals surface area contributed by atoms with Gasteiger partial charge in [0.05, 0.1) is 17.4 Å². The van der Waals surface area contributed by atoms with Crippen molar-refractivity contribution in [3.05, 3.63) is 30.1 Å². The van der Waals surface area contributed by atoms with Crippen molar-refractivity contribution in [3.8, 4) is 0 Å². The molecular weight excluding hydrogens is 390 g/mol. The lowest BCUT2D eigenvalue weighted by molar-refractivity contribution is -0.120. The van der Waals surface area contributed by atoms with E-state index in [2.05, 4.69) is 55.1 Å². The largest absolute Gasteiger partial charge is 0.328 e. The highest BCUT2D eigenvalue weighted by Gasteiger charge is 2.31. The molecule has 0 atom stereocenters. The van der Waals surface area contributed by atoms with Crippen LogP contribution in [-0.4, -0.2) is 51.6 Å². The van der Waals surface area contributed by atoms with Crippen LogP contribution in [0.3, 0.4) is 0 Å². The number of hydrogen-bond donors (Lipinski definition) is 1. The maximum atomic E-state index is 12.3. The van der Waals surface area contributed by atoms with Crippen LogP contribution < -0.4 is 10.2 Å². The second kappa shape index (κ2) is 8.61. The number of carbonyl (C=O) groups excluding carboxylic acids is 2. The third kappa shape index (κ3) is 4.76. The summed E-state index contributed by atoms with van der Waals surface area (Å²) >= 11 is 0. The number of fused-ring (bicyclic) bond motifs is 1. The van der Waals surface area contributed by atoms with E-state index in [1.807, 2.05) is 6.20 Å². The van der Waals surface area contributed by atoms with Gasteiger partial charge in [0, 0.05) is 24.7 Å². The Bertz CT molecular complexity index is 956. The van der Waals surface area contributed by atoms with E-state index in [-0.39, 0.29) is 17.5 Å². The molecule has 3 amide bonds. The standard InChI is InChI=1S/C24H35N5O2/c1-17(2)15-24(3,4)27-9-5-18(6-10-27)13-19-7-12-29-20(14-19)21(16-25-29)28-11-8-22(30)26-23(28)31/h7,12,14,16-18H,5-6,8-11,13,15H2,1-4H3,(H,26,30,31). The van der Waals surface area contributed by atoms with Crippen LogP contribution in [0, 0.1) is 11.8 Å². The van der Waals surface area contributed by atoms with E-state index in [0.717, 1.165) is 30.7 Å². The third-order valence-corrected chi connectivity index (χ3v) is 6.81. The monoisotopic (exact) mass is 425 g/mol. The van der Waals surface area contributed by atoms with E-state index in [1.165, 1.54) is 24.8 Å². The Balaban J connectivity index is 1.43. The molecule has 0 saturated carbocycles. The predicted octanol–water partition coefficient (Wildman–Crippen LogP) is 3.86. The summed E-state index contributed by atoms with van der Waals surface area (Å²) in [4.78, 5) is 28.0. The number of piperidine rings is 1. The van der Waals surface area contributed by atoms with Crippen LogP contribution in [0.4, 0.5) is 10.5 Å². The Morgan fingerprint density at radius 3 is 2.61 bits per heavy atom. The normalized spacial score (nSPS) is 19.5. The van der Waals surface area contributed by atoms with Crippen molar-refractivity contribution in [2.45, 2.75) is 65.3 Å². The number of pyridine rings is 1. The molecule has 0 spiro atoms. The number of aromatic nitrogens is 2. The summed E-state index contributed by atoms with van der Waals surface area (Å²) in [5, 5.41) is 6.80. The van der Waals surface area contributed by atoms with Crippen LogP contribution in [-0.2, 0) is 11.2 Å². The number of urea groups is 1. The van der Waals surface area contributed by atoms with Gasteiger partial charge in [0.2, 0.25) is 5.91 Å². The van der Waals surface area contributed by atoms with E-state index in [4.69, 9.17) is 0 Å². The molecule has 2 aromatic rings. The number of rotatable bonds is 6. The molecule has 2 aromatic heterocycles. The molecule has 2 saturated heterocycles. The summed E-state index contributed by atoms with van der Waals surface area (Å²) < 4.78 is 1.81. The van der Waals surface area contributed by atoms with Crippen molar-refractivity contribution in [3.63, 3.8) is 0 Å². The highest BCUT2D eigenvalue weighted by atomic mass is 16.2. The molecular formula is C24H35N5O2. The second-order valence-electron chi connectivity index (χ2n) is 10.2. The van der Waals surface area contributed by atoms with Gasteiger partial charge in [-0.25, -0.2) is 9.31 Å². The molecule has 0 unspecified atom stereocenters. The second-order valence-corrected chi connectivity index (χ2v) is 10.2. The molecule has 1 N–H and O–H groups in total. The first kappa shape index (κ1) is 21.8. The van der Waals surface area contributed by atoms with Gasteiger partial charge < -0.3 is 0 Å². The first-order valence-corrected chi connectivity index (χ1v) is 11.6. The lowest BCUT2D eigenvalue weighted by Gasteiger charge is -2.44. The molecule has 0 bridgehead atoms. The summed E-state index contributed by atoms with van der Waals surface area (Å²) in [5.41, 5.74) is 3.22. The number of hydrogen-bond acceptors (Lipinski definition) is 4. The first-order valence-electron chi connectivity index (χ1n) is 11.6. The molecule has 7 nitrogen and oxygen atoms in total. The van der Waals surface area contributed by atoms with Crippen molar-refractivity contribution in [1.82, 2.24) is 19.8 Å². The van der Waals surface area contributed by atoms with Crippen LogP contribution in [0.5, 0.6) is 0 Å². The Hall–Kier alpha value is -2.41. The molecule has 168 valence electrons. The van der Waals surface area contributed by atoms with Crippen LogP contribution in [0.15, 0.2) is 24.5 Å². The highest BCUT2D eigenvalue weighted by molar-refractivity contribution is 6.07. The van der Waals surface area contributed by atoms with Crippen LogP contribution in [0.25, 0.3) is 5.52 Å². The third-order valence-electron chi connectivity index (χ3n) is 6.81. The van der Waals surface area contributed by atoms with Gasteiger partial charge in [-0.3, -0.25) is 19.9 Å². The molecule has 31 heavy (non-hydrogen) atoms. The van der Waals surface area contributed by atoms with Gasteiger partial charge in [0.25, 0.3) is 0 Å². The minimum absolute atomic E-state index is 0.221. The fraction of sp³-hybridized carbons (Fsp3) is 0.625. The van der Waals surface area contributed by atoms with E-state index < -0.39 is 0 Å². The molecule has 0 aliphatic carbocycles. The minimum atomic E-state index is -0.368. The quantitative estimate of drug-likeness (QED) is 0.763. The highest BCUT2D eigenvalue weighted by Crippen LogP contribution is 2.31. The first-order chi connectivity index (χ1) is 14.7. The number of carbonyl (C=O) groups is 2. The summed E-state index contributed by atoms with van der Waals surface area (Å²) in [6.45, 7) is 12.1. The number of amides is 3. The van der Waals surface area contributed by atoms with Gasteiger partial charge in [0.15, 0.2) is 0 Å². The number of imide groups is 1. The van der Waals surface area contributed by atoms with Gasteiger partial charge in [0.1, 0.15) is 0 Å². The van der Waals surface area contributed by atoms with Gasteiger partial charge >= 0.3 is 6.03 Å². The molecule has 0 aromatic carbocycles. The SMILES string of the molecule is CC(C)CC(C)(C)N1CCC(Cc2ccn3ncc(N4CCC(=O)NC4=O)c3c2)CC1. The zero-order chi connectivity index (χ0) is 22.2. The zero-order valence-electron chi connectivity index (χ0n) is 19.2. The van der Waals surface area contributed by atoms with E-state index in [9.17, 15) is 9.59 Å². The van der Waals surface area contributed by atoms with E-state index >= 15 is 0 Å². The Morgan fingerprint density at radius 1 is 1.19 bits per heavy atom. The van der Waals surface area contributed by atoms with Crippen molar-refractivity contribution >= 4 is 23.1 Å². The average molecular weight is 426 g/mol. The van der Waals surface area contributed by atoms with Crippen LogP contribution in [0.2, 0.25) is 0 Å². The van der Waals surface area contributed by atoms with Crippen molar-refractivity contribution in [2.24, 2.45) is 11.8 Å². The Labute approximate surface area is 184 Å².